The summed E-state index contributed by atoms with van der Waals surface area (Å²) in [6, 6.07) is 40.8. The molecule has 42 heavy (non-hydrogen) atoms. The van der Waals surface area contributed by atoms with Crippen LogP contribution in [0.15, 0.2) is 109 Å². The lowest BCUT2D eigenvalue weighted by atomic mass is 9.86. The maximum absolute atomic E-state index is 6.91. The fourth-order valence-electron chi connectivity index (χ4n) is 6.59. The topological polar surface area (TPSA) is 0 Å². The molecule has 0 saturated carbocycles. The van der Waals surface area contributed by atoms with Crippen LogP contribution in [0.25, 0.3) is 22.3 Å². The van der Waals surface area contributed by atoms with E-state index in [1.54, 1.807) is 0 Å². The second-order valence-electron chi connectivity index (χ2n) is 13.7. The van der Waals surface area contributed by atoms with Gasteiger partial charge in [0.1, 0.15) is 0 Å². The van der Waals surface area contributed by atoms with Crippen LogP contribution in [-0.4, -0.2) is 0 Å². The number of rotatable bonds is 2. The number of hydrogen-bond donors (Lipinski definition) is 0. The van der Waals surface area contributed by atoms with Gasteiger partial charge in [0.15, 0.2) is 0 Å². The molecule has 2 heterocycles. The Balaban J connectivity index is 1.56. The van der Waals surface area contributed by atoms with Gasteiger partial charge in [0, 0.05) is 22.3 Å². The number of hydrogen-bond acceptors (Lipinski definition) is 2. The molecule has 0 amide bonds. The summed E-state index contributed by atoms with van der Waals surface area (Å²) in [7, 11) is 0. The van der Waals surface area contributed by atoms with Crippen LogP contribution in [0.5, 0.6) is 0 Å². The first-order valence-electron chi connectivity index (χ1n) is 14.7. The minimum absolute atomic E-state index is 0.0424. The first-order chi connectivity index (χ1) is 19.8. The van der Waals surface area contributed by atoms with Crippen LogP contribution in [-0.2, 0) is 35.3 Å². The highest BCUT2D eigenvalue weighted by atomic mass is 32.7. The smallest absolute Gasteiger partial charge is 0.0918 e. The summed E-state index contributed by atoms with van der Waals surface area (Å²) in [6.07, 6.45) is 0. The molecular weight excluding hydrogens is 583 g/mol. The summed E-state index contributed by atoms with van der Waals surface area (Å²) in [4.78, 5) is 0. The highest BCUT2D eigenvalue weighted by Crippen LogP contribution is 2.65. The van der Waals surface area contributed by atoms with E-state index in [0.29, 0.717) is 0 Å². The van der Waals surface area contributed by atoms with Crippen LogP contribution in [0, 0.1) is 0 Å². The molecule has 0 nitrogen and oxygen atoms in total. The Bertz CT molecular complexity index is 1730. The highest BCUT2D eigenvalue weighted by Gasteiger charge is 2.49. The van der Waals surface area contributed by atoms with Crippen molar-refractivity contribution in [2.45, 2.75) is 52.4 Å². The molecule has 0 bridgehead atoms. The second kappa shape index (κ2) is 9.58. The largest absolute Gasteiger partial charge is 0.540 e. The minimum Gasteiger partial charge on any atom is -0.540 e. The molecule has 210 valence electrons. The Labute approximate surface area is 263 Å². The zero-order valence-corrected chi connectivity index (χ0v) is 28.5. The van der Waals surface area contributed by atoms with Crippen LogP contribution >= 0.6 is 12.9 Å². The van der Waals surface area contributed by atoms with Crippen molar-refractivity contribution < 1.29 is 0 Å². The van der Waals surface area contributed by atoms with E-state index in [1.807, 2.05) is 0 Å². The van der Waals surface area contributed by atoms with Crippen LogP contribution in [0.4, 0.5) is 0 Å². The Morgan fingerprint density at radius 2 is 0.738 bits per heavy atom. The van der Waals surface area contributed by atoms with E-state index in [4.69, 9.17) is 24.5 Å². The van der Waals surface area contributed by atoms with Gasteiger partial charge in [-0.05, 0) is 83.4 Å². The zero-order valence-electron chi connectivity index (χ0n) is 25.1. The van der Waals surface area contributed by atoms with E-state index in [2.05, 4.69) is 151 Å². The van der Waals surface area contributed by atoms with Gasteiger partial charge in [-0.2, -0.15) is 0 Å². The number of benzene rings is 5. The molecule has 7 rings (SSSR count). The predicted octanol–water partition coefficient (Wildman–Crippen LogP) is 7.75. The van der Waals surface area contributed by atoms with Gasteiger partial charge in [-0.25, -0.2) is 0 Å². The van der Waals surface area contributed by atoms with E-state index in [9.17, 15) is 0 Å². The Morgan fingerprint density at radius 1 is 0.405 bits per heavy atom. The van der Waals surface area contributed by atoms with Gasteiger partial charge in [-0.15, -0.1) is 0 Å². The van der Waals surface area contributed by atoms with Crippen molar-refractivity contribution >= 4 is 69.3 Å². The van der Waals surface area contributed by atoms with Crippen molar-refractivity contribution in [1.82, 2.24) is 0 Å². The highest BCUT2D eigenvalue weighted by molar-refractivity contribution is 8.52. The first-order valence-corrected chi connectivity index (χ1v) is 20.3. The Hall–Kier alpha value is -2.34. The van der Waals surface area contributed by atoms with Gasteiger partial charge in [-0.1, -0.05) is 102 Å². The molecule has 0 saturated heterocycles. The predicted molar refractivity (Wildman–Crippen MR) is 194 cm³/mol. The first kappa shape index (κ1) is 28.4. The van der Waals surface area contributed by atoms with E-state index in [1.165, 1.54) is 65.2 Å². The van der Waals surface area contributed by atoms with Crippen molar-refractivity contribution in [2.75, 3.05) is 0 Å². The number of fused-ring (bicyclic) bond motifs is 6. The van der Waals surface area contributed by atoms with Gasteiger partial charge in [0.25, 0.3) is 0 Å². The monoisotopic (exact) mass is 618 g/mol. The maximum atomic E-state index is 6.91. The van der Waals surface area contributed by atoms with Crippen LogP contribution in [0.1, 0.15) is 52.7 Å². The quantitative estimate of drug-likeness (QED) is 0.147. The molecule has 2 aliphatic rings. The van der Waals surface area contributed by atoms with Gasteiger partial charge < -0.3 is 24.5 Å². The lowest BCUT2D eigenvalue weighted by molar-refractivity contribution is 0.590. The average Bonchev–Trinajstić information content (AvgIpc) is 3.38. The lowest BCUT2D eigenvalue weighted by Crippen LogP contribution is -2.28. The third kappa shape index (κ3) is 4.06. The second-order valence-corrected chi connectivity index (χ2v) is 22.4. The third-order valence-corrected chi connectivity index (χ3v) is 18.9. The SMILES string of the molecule is CC(C)(C)c1ccc2c(c1)[P+]([S-])(c1ccccc1)c1cc3c(cc1-2)[P+]([S-])(c1ccccc1)c1cc(C(C)(C)C)ccc1-3. The fourth-order valence-corrected chi connectivity index (χ4v) is 15.3. The van der Waals surface area contributed by atoms with Crippen molar-refractivity contribution in [3.63, 3.8) is 0 Å². The molecule has 5 aromatic carbocycles. The summed E-state index contributed by atoms with van der Waals surface area (Å²) < 4.78 is 0. The summed E-state index contributed by atoms with van der Waals surface area (Å²) in [5, 5.41) is 7.79. The molecule has 2 aliphatic heterocycles. The van der Waals surface area contributed by atoms with Crippen LogP contribution < -0.4 is 31.8 Å². The Kier molecular flexibility index (Phi) is 6.48. The summed E-state index contributed by atoms with van der Waals surface area (Å²) in [5.74, 6) is 0. The van der Waals surface area contributed by atoms with Crippen molar-refractivity contribution in [1.29, 1.82) is 0 Å². The third-order valence-electron chi connectivity index (χ3n) is 9.02. The fraction of sp³-hybridized carbons (Fsp3) is 0.211. The van der Waals surface area contributed by atoms with Crippen LogP contribution in [0.2, 0.25) is 0 Å². The molecule has 2 unspecified atom stereocenters. The molecule has 0 radical (unpaired) electrons. The molecule has 0 N–H and O–H groups in total. The van der Waals surface area contributed by atoms with Crippen LogP contribution in [0.3, 0.4) is 0 Å². The van der Waals surface area contributed by atoms with Crippen molar-refractivity contribution in [3.05, 3.63) is 120 Å². The summed E-state index contributed by atoms with van der Waals surface area (Å²) in [5.41, 5.74) is 7.89. The minimum atomic E-state index is -2.28. The van der Waals surface area contributed by atoms with Gasteiger partial charge in [0.2, 0.25) is 0 Å². The molecule has 0 fully saturated rings. The maximum Gasteiger partial charge on any atom is 0.0918 e. The standard InChI is InChI=1S/C38H36P2S2/c1-37(2,3)25-17-19-29-31-23-36-32(24-35(31)39(41,33(29)21-25)27-13-9-7-10-14-27)30-20-18-26(38(4,5)6)22-34(30)40(36,42)28-15-11-8-12-16-28/h7-24H,1-6H3. The normalized spacial score (nSPS) is 20.6. The van der Waals surface area contributed by atoms with E-state index in [0.717, 1.165) is 0 Å². The summed E-state index contributed by atoms with van der Waals surface area (Å²) >= 11 is 13.8. The van der Waals surface area contributed by atoms with Gasteiger partial charge in [0.05, 0.1) is 31.8 Å². The Morgan fingerprint density at radius 3 is 1.07 bits per heavy atom. The molecule has 0 spiro atoms. The van der Waals surface area contributed by atoms with Gasteiger partial charge >= 0.3 is 0 Å². The zero-order chi connectivity index (χ0) is 29.7. The molecule has 5 aromatic rings. The molecule has 4 heteroatoms. The van der Waals surface area contributed by atoms with E-state index in [-0.39, 0.29) is 10.8 Å². The molecule has 0 aliphatic carbocycles. The average molecular weight is 619 g/mol. The van der Waals surface area contributed by atoms with E-state index < -0.39 is 12.9 Å². The van der Waals surface area contributed by atoms with Crippen molar-refractivity contribution in [2.24, 2.45) is 0 Å². The summed E-state index contributed by atoms with van der Waals surface area (Å²) in [6.45, 7) is 9.16. The van der Waals surface area contributed by atoms with Gasteiger partial charge in [-0.3, -0.25) is 0 Å². The molecule has 2 atom stereocenters. The lowest BCUT2D eigenvalue weighted by Gasteiger charge is -2.32. The molecular formula is C38H36P2S2. The van der Waals surface area contributed by atoms with E-state index >= 15 is 0 Å². The van der Waals surface area contributed by atoms with Crippen molar-refractivity contribution in [3.8, 4) is 22.3 Å². The molecule has 0 aromatic heterocycles.